The van der Waals surface area contributed by atoms with E-state index in [9.17, 15) is 18.0 Å². The number of benzene rings is 2. The van der Waals surface area contributed by atoms with E-state index in [0.717, 1.165) is 16.1 Å². The van der Waals surface area contributed by atoms with E-state index in [1.165, 1.54) is 4.90 Å². The molecule has 2 rings (SSSR count). The molecule has 192 valence electrons. The number of halogens is 2. The first-order valence-corrected chi connectivity index (χ1v) is 14.1. The summed E-state index contributed by atoms with van der Waals surface area (Å²) in [6, 6.07) is 11.1. The van der Waals surface area contributed by atoms with Crippen LogP contribution in [0.1, 0.15) is 45.2 Å². The molecular weight excluding hydrogens is 509 g/mol. The molecule has 7 nitrogen and oxygen atoms in total. The van der Waals surface area contributed by atoms with E-state index < -0.39 is 28.5 Å². The van der Waals surface area contributed by atoms with Crippen LogP contribution in [0.3, 0.4) is 0 Å². The molecule has 0 saturated carbocycles. The largest absolute Gasteiger partial charge is 0.352 e. The highest BCUT2D eigenvalue weighted by atomic mass is 35.5. The Hall–Kier alpha value is -2.29. The lowest BCUT2D eigenvalue weighted by molar-refractivity contribution is -0.140. The Morgan fingerprint density at radius 3 is 2.23 bits per heavy atom. The number of hydrogen-bond acceptors (Lipinski definition) is 4. The van der Waals surface area contributed by atoms with Gasteiger partial charge in [0.15, 0.2) is 0 Å². The summed E-state index contributed by atoms with van der Waals surface area (Å²) < 4.78 is 26.6. The number of carbonyl (C=O) groups excluding carboxylic acids is 2. The molecule has 0 saturated heterocycles. The molecule has 0 bridgehead atoms. The number of para-hydroxylation sites is 1. The molecule has 2 aromatic carbocycles. The van der Waals surface area contributed by atoms with Gasteiger partial charge in [-0.2, -0.15) is 0 Å². The standard InChI is InChI=1S/C25H33Cl2N3O4S/c1-6-19-10-8-9-11-23(19)30(35(5,33)34)16-24(31)29(22(7-2)25(32)28-17(3)4)15-18-12-13-20(26)21(27)14-18/h8-14,17,22H,6-7,15-16H2,1-5H3,(H,28,32)/t22-/m0/s1. The zero-order chi connectivity index (χ0) is 26.3. The van der Waals surface area contributed by atoms with Crippen LogP contribution >= 0.6 is 23.2 Å². The molecule has 35 heavy (non-hydrogen) atoms. The topological polar surface area (TPSA) is 86.8 Å². The fourth-order valence-electron chi connectivity index (χ4n) is 3.78. The van der Waals surface area contributed by atoms with Gasteiger partial charge in [0.1, 0.15) is 12.6 Å². The highest BCUT2D eigenvalue weighted by Crippen LogP contribution is 2.26. The summed E-state index contributed by atoms with van der Waals surface area (Å²) in [5, 5.41) is 3.55. The van der Waals surface area contributed by atoms with Gasteiger partial charge in [-0.25, -0.2) is 8.42 Å². The van der Waals surface area contributed by atoms with Crippen LogP contribution in [0.25, 0.3) is 0 Å². The summed E-state index contributed by atoms with van der Waals surface area (Å²) in [6.07, 6.45) is 2.01. The lowest BCUT2D eigenvalue weighted by atomic mass is 10.1. The third kappa shape index (κ3) is 7.85. The normalized spacial score (nSPS) is 12.3. The lowest BCUT2D eigenvalue weighted by Crippen LogP contribution is -2.53. The third-order valence-corrected chi connectivity index (χ3v) is 7.34. The Bertz CT molecular complexity index is 1160. The molecule has 2 aromatic rings. The minimum absolute atomic E-state index is 0.0623. The summed E-state index contributed by atoms with van der Waals surface area (Å²) in [7, 11) is -3.79. The average Bonchev–Trinajstić information content (AvgIpc) is 2.78. The first-order valence-electron chi connectivity index (χ1n) is 11.5. The van der Waals surface area contributed by atoms with Crippen molar-refractivity contribution in [2.24, 2.45) is 0 Å². The molecule has 1 atom stereocenters. The smallest absolute Gasteiger partial charge is 0.244 e. The SMILES string of the molecule is CCc1ccccc1N(CC(=O)N(Cc1ccc(Cl)c(Cl)c1)[C@@H](CC)C(=O)NC(C)C)S(C)(=O)=O. The molecule has 0 aliphatic rings. The van der Waals surface area contributed by atoms with Crippen LogP contribution in [-0.2, 0) is 32.6 Å². The highest BCUT2D eigenvalue weighted by Gasteiger charge is 2.32. The van der Waals surface area contributed by atoms with Crippen molar-refractivity contribution in [2.45, 2.75) is 59.2 Å². The van der Waals surface area contributed by atoms with Gasteiger partial charge in [-0.05, 0) is 56.0 Å². The Labute approximate surface area is 218 Å². The van der Waals surface area contributed by atoms with Gasteiger partial charge in [0.2, 0.25) is 21.8 Å². The van der Waals surface area contributed by atoms with Crippen LogP contribution in [0.15, 0.2) is 42.5 Å². The second kappa shape index (κ2) is 12.6. The summed E-state index contributed by atoms with van der Waals surface area (Å²) in [4.78, 5) is 28.1. The van der Waals surface area contributed by atoms with E-state index in [-0.39, 0.29) is 18.5 Å². The van der Waals surface area contributed by atoms with Crippen molar-refractivity contribution in [1.29, 1.82) is 0 Å². The second-order valence-electron chi connectivity index (χ2n) is 8.61. The molecule has 0 spiro atoms. The van der Waals surface area contributed by atoms with Crippen molar-refractivity contribution in [1.82, 2.24) is 10.2 Å². The molecule has 0 aliphatic heterocycles. The van der Waals surface area contributed by atoms with Crippen molar-refractivity contribution in [3.05, 3.63) is 63.6 Å². The predicted octanol–water partition coefficient (Wildman–Crippen LogP) is 4.65. The van der Waals surface area contributed by atoms with Crippen LogP contribution < -0.4 is 9.62 Å². The van der Waals surface area contributed by atoms with E-state index in [1.54, 1.807) is 37.3 Å². The van der Waals surface area contributed by atoms with Crippen LogP contribution in [0.5, 0.6) is 0 Å². The fourth-order valence-corrected chi connectivity index (χ4v) is 4.98. The van der Waals surface area contributed by atoms with Crippen molar-refractivity contribution in [2.75, 3.05) is 17.1 Å². The number of carbonyl (C=O) groups is 2. The quantitative estimate of drug-likeness (QED) is 0.448. The van der Waals surface area contributed by atoms with Gasteiger partial charge in [-0.15, -0.1) is 0 Å². The van der Waals surface area contributed by atoms with Gasteiger partial charge in [0.05, 0.1) is 22.0 Å². The molecule has 1 N–H and O–H groups in total. The van der Waals surface area contributed by atoms with Gasteiger partial charge in [0.25, 0.3) is 0 Å². The third-order valence-electron chi connectivity index (χ3n) is 5.47. The van der Waals surface area contributed by atoms with Crippen molar-refractivity contribution >= 4 is 50.7 Å². The summed E-state index contributed by atoms with van der Waals surface area (Å²) in [5.41, 5.74) is 1.91. The minimum atomic E-state index is -3.79. The monoisotopic (exact) mass is 541 g/mol. The zero-order valence-electron chi connectivity index (χ0n) is 20.7. The number of anilines is 1. The number of nitrogens with one attached hydrogen (secondary N) is 1. The van der Waals surface area contributed by atoms with Crippen molar-refractivity contribution in [3.8, 4) is 0 Å². The maximum absolute atomic E-state index is 13.7. The lowest BCUT2D eigenvalue weighted by Gasteiger charge is -2.33. The molecule has 10 heteroatoms. The van der Waals surface area contributed by atoms with Gasteiger partial charge >= 0.3 is 0 Å². The van der Waals surface area contributed by atoms with E-state index in [1.807, 2.05) is 32.9 Å². The molecule has 0 aromatic heterocycles. The van der Waals surface area contributed by atoms with Crippen LogP contribution in [0.2, 0.25) is 10.0 Å². The maximum Gasteiger partial charge on any atom is 0.244 e. The molecule has 0 fully saturated rings. The molecule has 0 heterocycles. The number of hydrogen-bond donors (Lipinski definition) is 1. The molecular formula is C25H33Cl2N3O4S. The summed E-state index contributed by atoms with van der Waals surface area (Å²) >= 11 is 12.2. The minimum Gasteiger partial charge on any atom is -0.352 e. The van der Waals surface area contributed by atoms with Crippen molar-refractivity contribution in [3.63, 3.8) is 0 Å². The van der Waals surface area contributed by atoms with E-state index in [4.69, 9.17) is 23.2 Å². The van der Waals surface area contributed by atoms with Crippen LogP contribution in [0, 0.1) is 0 Å². The van der Waals surface area contributed by atoms with Gasteiger partial charge in [-0.3, -0.25) is 13.9 Å². The first kappa shape index (κ1) is 28.9. The molecule has 2 amide bonds. The number of rotatable bonds is 11. The molecule has 0 radical (unpaired) electrons. The van der Waals surface area contributed by atoms with Crippen molar-refractivity contribution < 1.29 is 18.0 Å². The maximum atomic E-state index is 13.7. The van der Waals surface area contributed by atoms with Crippen LogP contribution in [-0.4, -0.2) is 50.0 Å². The Morgan fingerprint density at radius 1 is 1.03 bits per heavy atom. The number of nitrogens with zero attached hydrogens (tertiary/aromatic N) is 2. The number of amides is 2. The number of sulfonamides is 1. The van der Waals surface area contributed by atoms with E-state index in [0.29, 0.717) is 34.1 Å². The second-order valence-corrected chi connectivity index (χ2v) is 11.3. The Balaban J connectivity index is 2.50. The van der Waals surface area contributed by atoms with E-state index in [2.05, 4.69) is 5.32 Å². The molecule has 0 aliphatic carbocycles. The summed E-state index contributed by atoms with van der Waals surface area (Å²) in [5.74, 6) is -0.811. The van der Waals surface area contributed by atoms with E-state index >= 15 is 0 Å². The molecule has 0 unspecified atom stereocenters. The first-order chi connectivity index (χ1) is 16.4. The predicted molar refractivity (Wildman–Crippen MR) is 142 cm³/mol. The Kier molecular flexibility index (Phi) is 10.4. The van der Waals surface area contributed by atoms with Gasteiger partial charge < -0.3 is 10.2 Å². The summed E-state index contributed by atoms with van der Waals surface area (Å²) in [6.45, 7) is 7.02. The Morgan fingerprint density at radius 2 is 1.69 bits per heavy atom. The average molecular weight is 543 g/mol. The fraction of sp³-hybridized carbons (Fsp3) is 0.440. The zero-order valence-corrected chi connectivity index (χ0v) is 23.0. The highest BCUT2D eigenvalue weighted by molar-refractivity contribution is 7.92. The van der Waals surface area contributed by atoms with Gasteiger partial charge in [-0.1, -0.05) is 61.3 Å². The van der Waals surface area contributed by atoms with Gasteiger partial charge in [0, 0.05) is 12.6 Å². The van der Waals surface area contributed by atoms with Crippen LogP contribution in [0.4, 0.5) is 5.69 Å². The number of aryl methyl sites for hydroxylation is 1.